The van der Waals surface area contributed by atoms with Crippen molar-refractivity contribution in [3.8, 4) is 0 Å². The van der Waals surface area contributed by atoms with Crippen LogP contribution in [0.1, 0.15) is 13.8 Å². The molecule has 0 saturated carbocycles. The van der Waals surface area contributed by atoms with Crippen molar-refractivity contribution in [3.63, 3.8) is 0 Å². The molecule has 0 fully saturated rings. The Labute approximate surface area is 69.1 Å². The smallest absolute Gasteiger partial charge is 0.0673 e. The van der Waals surface area contributed by atoms with Crippen molar-refractivity contribution in [2.75, 3.05) is 13.7 Å². The van der Waals surface area contributed by atoms with Gasteiger partial charge in [0, 0.05) is 7.11 Å². The monoisotopic (exact) mass is 152 g/mol. The Morgan fingerprint density at radius 1 is 1.27 bits per heavy atom. The second kappa shape index (κ2) is 7.29. The van der Waals surface area contributed by atoms with Gasteiger partial charge in [-0.15, -0.1) is 0 Å². The Kier molecular flexibility index (Phi) is 6.75. The molecule has 0 aromatic rings. The van der Waals surface area contributed by atoms with Crippen LogP contribution in [0.25, 0.3) is 0 Å². The van der Waals surface area contributed by atoms with E-state index in [1.165, 1.54) is 5.57 Å². The van der Waals surface area contributed by atoms with Crippen LogP contribution in [0.15, 0.2) is 36.0 Å². The minimum Gasteiger partial charge on any atom is -0.380 e. The lowest BCUT2D eigenvalue weighted by atomic mass is 10.3. The first-order chi connectivity index (χ1) is 5.31. The van der Waals surface area contributed by atoms with E-state index in [1.54, 1.807) is 7.11 Å². The van der Waals surface area contributed by atoms with Crippen LogP contribution in [0, 0.1) is 0 Å². The number of ether oxygens (including phenoxy) is 1. The topological polar surface area (TPSA) is 9.23 Å². The summed E-state index contributed by atoms with van der Waals surface area (Å²) in [6, 6.07) is 0. The zero-order chi connectivity index (χ0) is 8.53. The molecule has 0 amide bonds. The van der Waals surface area contributed by atoms with Crippen LogP contribution in [0.4, 0.5) is 0 Å². The summed E-state index contributed by atoms with van der Waals surface area (Å²) in [5.74, 6) is 0. The molecule has 0 bridgehead atoms. The van der Waals surface area contributed by atoms with Crippen LogP contribution in [0.2, 0.25) is 0 Å². The molecular weight excluding hydrogens is 136 g/mol. The third-order valence-corrected chi connectivity index (χ3v) is 1.17. The zero-order valence-corrected chi connectivity index (χ0v) is 7.50. The Balaban J connectivity index is 3.71. The van der Waals surface area contributed by atoms with E-state index >= 15 is 0 Å². The van der Waals surface area contributed by atoms with Crippen molar-refractivity contribution in [3.05, 3.63) is 36.0 Å². The minimum atomic E-state index is 0.709. The minimum absolute atomic E-state index is 0.709. The van der Waals surface area contributed by atoms with Crippen LogP contribution in [0.5, 0.6) is 0 Å². The first kappa shape index (κ1) is 10.2. The Morgan fingerprint density at radius 3 is 2.55 bits per heavy atom. The summed E-state index contributed by atoms with van der Waals surface area (Å²) in [7, 11) is 1.70. The van der Waals surface area contributed by atoms with Crippen LogP contribution >= 0.6 is 0 Å². The first-order valence-corrected chi connectivity index (χ1v) is 3.75. The van der Waals surface area contributed by atoms with E-state index in [0.29, 0.717) is 6.61 Å². The van der Waals surface area contributed by atoms with Gasteiger partial charge in [0.15, 0.2) is 0 Å². The highest BCUT2D eigenvalue weighted by Crippen LogP contribution is 1.92. The van der Waals surface area contributed by atoms with E-state index < -0.39 is 0 Å². The van der Waals surface area contributed by atoms with Crippen LogP contribution in [-0.4, -0.2) is 13.7 Å². The fourth-order valence-corrected chi connectivity index (χ4v) is 0.671. The third kappa shape index (κ3) is 7.07. The maximum Gasteiger partial charge on any atom is 0.0673 e. The highest BCUT2D eigenvalue weighted by Gasteiger charge is 1.81. The molecule has 0 aromatic carbocycles. The molecule has 0 saturated heterocycles. The van der Waals surface area contributed by atoms with Gasteiger partial charge in [-0.1, -0.05) is 30.4 Å². The van der Waals surface area contributed by atoms with Crippen molar-refractivity contribution in [1.82, 2.24) is 0 Å². The van der Waals surface area contributed by atoms with E-state index in [0.717, 1.165) is 0 Å². The van der Waals surface area contributed by atoms with Crippen LogP contribution in [-0.2, 0) is 4.74 Å². The van der Waals surface area contributed by atoms with Crippen molar-refractivity contribution in [1.29, 1.82) is 0 Å². The SMILES string of the molecule is C\C=C/C=C\C=C(/C)COC. The second-order valence-electron chi connectivity index (χ2n) is 2.36. The summed E-state index contributed by atoms with van der Waals surface area (Å²) in [5.41, 5.74) is 1.23. The van der Waals surface area contributed by atoms with E-state index in [-0.39, 0.29) is 0 Å². The van der Waals surface area contributed by atoms with Crippen molar-refractivity contribution in [2.45, 2.75) is 13.8 Å². The fourth-order valence-electron chi connectivity index (χ4n) is 0.671. The maximum atomic E-state index is 4.94. The Morgan fingerprint density at radius 2 is 2.00 bits per heavy atom. The molecule has 0 aliphatic heterocycles. The molecule has 0 aliphatic carbocycles. The summed E-state index contributed by atoms with van der Waals surface area (Å²) in [5, 5.41) is 0. The Hall–Kier alpha value is -0.820. The third-order valence-electron chi connectivity index (χ3n) is 1.17. The average molecular weight is 152 g/mol. The van der Waals surface area contributed by atoms with Crippen molar-refractivity contribution >= 4 is 0 Å². The van der Waals surface area contributed by atoms with Gasteiger partial charge < -0.3 is 4.74 Å². The number of rotatable bonds is 4. The predicted octanol–water partition coefficient (Wildman–Crippen LogP) is 2.71. The molecule has 1 heteroatoms. The molecule has 0 N–H and O–H groups in total. The van der Waals surface area contributed by atoms with Gasteiger partial charge in [-0.3, -0.25) is 0 Å². The maximum absolute atomic E-state index is 4.94. The van der Waals surface area contributed by atoms with Gasteiger partial charge in [0.25, 0.3) is 0 Å². The predicted molar refractivity (Wildman–Crippen MR) is 49.6 cm³/mol. The Bertz CT molecular complexity index is 164. The van der Waals surface area contributed by atoms with Crippen molar-refractivity contribution < 1.29 is 4.74 Å². The molecule has 0 atom stereocenters. The molecule has 0 aliphatic rings. The second-order valence-corrected chi connectivity index (χ2v) is 2.36. The zero-order valence-electron chi connectivity index (χ0n) is 7.50. The van der Waals surface area contributed by atoms with Gasteiger partial charge in [0.2, 0.25) is 0 Å². The highest BCUT2D eigenvalue weighted by atomic mass is 16.5. The number of hydrogen-bond donors (Lipinski definition) is 0. The largest absolute Gasteiger partial charge is 0.380 e. The molecule has 0 radical (unpaired) electrons. The summed E-state index contributed by atoms with van der Waals surface area (Å²) in [6.45, 7) is 4.75. The van der Waals surface area contributed by atoms with Crippen LogP contribution in [0.3, 0.4) is 0 Å². The average Bonchev–Trinajstić information content (AvgIpc) is 1.99. The molecule has 0 heterocycles. The van der Waals surface area contributed by atoms with Gasteiger partial charge in [-0.05, 0) is 19.4 Å². The van der Waals surface area contributed by atoms with E-state index in [2.05, 4.69) is 0 Å². The molecule has 11 heavy (non-hydrogen) atoms. The standard InChI is InChI=1S/C10H16O/c1-4-5-6-7-8-10(2)9-11-3/h4-8H,9H2,1-3H3/b5-4-,7-6-,10-8+. The molecule has 62 valence electrons. The van der Waals surface area contributed by atoms with Gasteiger partial charge >= 0.3 is 0 Å². The summed E-state index contributed by atoms with van der Waals surface area (Å²) in [4.78, 5) is 0. The van der Waals surface area contributed by atoms with Gasteiger partial charge in [-0.2, -0.15) is 0 Å². The van der Waals surface area contributed by atoms with Crippen LogP contribution < -0.4 is 0 Å². The van der Waals surface area contributed by atoms with Gasteiger partial charge in [-0.25, -0.2) is 0 Å². The van der Waals surface area contributed by atoms with Crippen molar-refractivity contribution in [2.24, 2.45) is 0 Å². The number of allylic oxidation sites excluding steroid dienone is 5. The summed E-state index contributed by atoms with van der Waals surface area (Å²) < 4.78 is 4.94. The lowest BCUT2D eigenvalue weighted by Gasteiger charge is -1.94. The van der Waals surface area contributed by atoms with Gasteiger partial charge in [0.1, 0.15) is 0 Å². The molecule has 0 aromatic heterocycles. The molecular formula is C10H16O. The molecule has 1 nitrogen and oxygen atoms in total. The molecule has 0 unspecified atom stereocenters. The van der Waals surface area contributed by atoms with E-state index in [9.17, 15) is 0 Å². The quantitative estimate of drug-likeness (QED) is 0.563. The van der Waals surface area contributed by atoms with E-state index in [4.69, 9.17) is 4.74 Å². The number of hydrogen-bond acceptors (Lipinski definition) is 1. The van der Waals surface area contributed by atoms with E-state index in [1.807, 2.05) is 44.2 Å². The van der Waals surface area contributed by atoms with Gasteiger partial charge in [0.05, 0.1) is 6.61 Å². The number of methoxy groups -OCH3 is 1. The lowest BCUT2D eigenvalue weighted by molar-refractivity contribution is 0.226. The summed E-state index contributed by atoms with van der Waals surface area (Å²) >= 11 is 0. The lowest BCUT2D eigenvalue weighted by Crippen LogP contribution is -1.87. The first-order valence-electron chi connectivity index (χ1n) is 3.75. The molecule has 0 rings (SSSR count). The summed E-state index contributed by atoms with van der Waals surface area (Å²) in [6.07, 6.45) is 10.0. The molecule has 0 spiro atoms. The fraction of sp³-hybridized carbons (Fsp3) is 0.400. The normalized spacial score (nSPS) is 13.5. The highest BCUT2D eigenvalue weighted by molar-refractivity contribution is 5.15.